The summed E-state index contributed by atoms with van der Waals surface area (Å²) in [7, 11) is 1.84. The summed E-state index contributed by atoms with van der Waals surface area (Å²) in [5.74, 6) is 0.745. The minimum Gasteiger partial charge on any atom is -0.381 e. The number of piperidine rings is 1. The molecule has 2 rings (SSSR count). The van der Waals surface area contributed by atoms with Crippen molar-refractivity contribution in [2.24, 2.45) is 5.92 Å². The number of nitrogens with zero attached hydrogens (tertiary/aromatic N) is 1. The van der Waals surface area contributed by atoms with Gasteiger partial charge in [0.05, 0.1) is 6.10 Å². The van der Waals surface area contributed by atoms with Gasteiger partial charge in [0, 0.05) is 32.3 Å². The molecule has 0 aromatic carbocycles. The second kappa shape index (κ2) is 6.17. The molecule has 1 aliphatic heterocycles. The minimum absolute atomic E-state index is 0.498. The third-order valence-electron chi connectivity index (χ3n) is 4.52. The van der Waals surface area contributed by atoms with E-state index < -0.39 is 0 Å². The number of rotatable bonds is 6. The molecule has 1 saturated heterocycles. The van der Waals surface area contributed by atoms with Gasteiger partial charge in [-0.15, -0.1) is 0 Å². The number of methoxy groups -OCH3 is 1. The first-order valence-corrected chi connectivity index (χ1v) is 7.21. The summed E-state index contributed by atoms with van der Waals surface area (Å²) in [6.07, 6.45) is 5.67. The van der Waals surface area contributed by atoms with Crippen LogP contribution in [-0.2, 0) is 4.74 Å². The van der Waals surface area contributed by atoms with E-state index in [4.69, 9.17) is 4.74 Å². The molecule has 3 heteroatoms. The molecule has 0 aromatic heterocycles. The number of hydrogen-bond donors (Lipinski definition) is 1. The van der Waals surface area contributed by atoms with Gasteiger partial charge in [0.15, 0.2) is 0 Å². The minimum atomic E-state index is 0.498. The smallest absolute Gasteiger partial charge is 0.0595 e. The Balaban J connectivity index is 1.68. The van der Waals surface area contributed by atoms with Crippen LogP contribution in [0, 0.1) is 5.92 Å². The lowest BCUT2D eigenvalue weighted by molar-refractivity contribution is 0.0215. The molecule has 2 fully saturated rings. The van der Waals surface area contributed by atoms with Crippen LogP contribution in [0.1, 0.15) is 39.5 Å². The first kappa shape index (κ1) is 13.3. The van der Waals surface area contributed by atoms with E-state index in [-0.39, 0.29) is 0 Å². The van der Waals surface area contributed by atoms with Crippen LogP contribution in [-0.4, -0.2) is 49.8 Å². The molecule has 0 bridgehead atoms. The molecule has 0 amide bonds. The Hall–Kier alpha value is -0.120. The molecule has 1 aliphatic carbocycles. The molecule has 2 aliphatic rings. The molecule has 0 spiro atoms. The van der Waals surface area contributed by atoms with Crippen LogP contribution in [0.25, 0.3) is 0 Å². The molecule has 2 unspecified atom stereocenters. The van der Waals surface area contributed by atoms with Crippen molar-refractivity contribution in [1.29, 1.82) is 0 Å². The Morgan fingerprint density at radius 2 is 1.82 bits per heavy atom. The van der Waals surface area contributed by atoms with Gasteiger partial charge in [0.2, 0.25) is 0 Å². The standard InChI is InChI=1S/C14H28N2O/c1-11(10-15-13-4-5-13)12(2)16-8-6-14(17-3)7-9-16/h11-15H,4-10H2,1-3H3. The molecule has 2 atom stereocenters. The Labute approximate surface area is 106 Å². The SMILES string of the molecule is COC1CCN(C(C)C(C)CNC2CC2)CC1. The third-order valence-corrected chi connectivity index (χ3v) is 4.52. The molecule has 100 valence electrons. The van der Waals surface area contributed by atoms with E-state index in [0.717, 1.165) is 12.0 Å². The van der Waals surface area contributed by atoms with Gasteiger partial charge >= 0.3 is 0 Å². The molecule has 0 radical (unpaired) electrons. The van der Waals surface area contributed by atoms with Crippen molar-refractivity contribution in [3.05, 3.63) is 0 Å². The van der Waals surface area contributed by atoms with Gasteiger partial charge in [-0.1, -0.05) is 6.92 Å². The van der Waals surface area contributed by atoms with Crippen LogP contribution in [0.2, 0.25) is 0 Å². The van der Waals surface area contributed by atoms with Gasteiger partial charge < -0.3 is 15.0 Å². The van der Waals surface area contributed by atoms with Crippen LogP contribution in [0.4, 0.5) is 0 Å². The van der Waals surface area contributed by atoms with Crippen LogP contribution >= 0.6 is 0 Å². The lowest BCUT2D eigenvalue weighted by atomic mass is 9.98. The highest BCUT2D eigenvalue weighted by Crippen LogP contribution is 2.21. The molecule has 17 heavy (non-hydrogen) atoms. The zero-order valence-corrected chi connectivity index (χ0v) is 11.6. The third kappa shape index (κ3) is 3.94. The highest BCUT2D eigenvalue weighted by Gasteiger charge is 2.27. The van der Waals surface area contributed by atoms with E-state index in [9.17, 15) is 0 Å². The zero-order valence-electron chi connectivity index (χ0n) is 11.6. The summed E-state index contributed by atoms with van der Waals surface area (Å²) in [4.78, 5) is 2.63. The summed E-state index contributed by atoms with van der Waals surface area (Å²) in [6, 6.07) is 1.53. The summed E-state index contributed by atoms with van der Waals surface area (Å²) >= 11 is 0. The van der Waals surface area contributed by atoms with Crippen molar-refractivity contribution < 1.29 is 4.74 Å². The molecular weight excluding hydrogens is 212 g/mol. The number of hydrogen-bond acceptors (Lipinski definition) is 3. The summed E-state index contributed by atoms with van der Waals surface area (Å²) < 4.78 is 5.43. The first-order chi connectivity index (χ1) is 8.20. The fourth-order valence-electron chi connectivity index (χ4n) is 2.69. The van der Waals surface area contributed by atoms with Crippen molar-refractivity contribution in [1.82, 2.24) is 10.2 Å². The predicted octanol–water partition coefficient (Wildman–Crippen LogP) is 1.87. The Bertz CT molecular complexity index is 222. The maximum Gasteiger partial charge on any atom is 0.0595 e. The first-order valence-electron chi connectivity index (χ1n) is 7.21. The fraction of sp³-hybridized carbons (Fsp3) is 1.00. The molecule has 3 nitrogen and oxygen atoms in total. The largest absolute Gasteiger partial charge is 0.381 e. The molecule has 1 heterocycles. The average molecular weight is 240 g/mol. The van der Waals surface area contributed by atoms with Crippen LogP contribution in [0.3, 0.4) is 0 Å². The topological polar surface area (TPSA) is 24.5 Å². The van der Waals surface area contributed by atoms with Gasteiger partial charge in [-0.05, 0) is 45.1 Å². The van der Waals surface area contributed by atoms with Gasteiger partial charge in [-0.3, -0.25) is 0 Å². The Kier molecular flexibility index (Phi) is 4.83. The highest BCUT2D eigenvalue weighted by atomic mass is 16.5. The lowest BCUT2D eigenvalue weighted by Crippen LogP contribution is -2.46. The fourth-order valence-corrected chi connectivity index (χ4v) is 2.69. The zero-order chi connectivity index (χ0) is 12.3. The highest BCUT2D eigenvalue weighted by molar-refractivity contribution is 4.84. The van der Waals surface area contributed by atoms with Gasteiger partial charge in [0.25, 0.3) is 0 Å². The second-order valence-electron chi connectivity index (χ2n) is 5.87. The predicted molar refractivity (Wildman–Crippen MR) is 71.3 cm³/mol. The number of nitrogens with one attached hydrogen (secondary N) is 1. The van der Waals surface area contributed by atoms with Gasteiger partial charge in [-0.25, -0.2) is 0 Å². The number of ether oxygens (including phenoxy) is 1. The van der Waals surface area contributed by atoms with Crippen LogP contribution in [0.5, 0.6) is 0 Å². The molecule has 0 aromatic rings. The normalized spacial score (nSPS) is 27.0. The molecule has 1 saturated carbocycles. The van der Waals surface area contributed by atoms with E-state index in [1.807, 2.05) is 7.11 Å². The maximum atomic E-state index is 5.43. The van der Waals surface area contributed by atoms with Crippen molar-refractivity contribution in [2.45, 2.75) is 57.7 Å². The summed E-state index contributed by atoms with van der Waals surface area (Å²) in [5, 5.41) is 3.64. The van der Waals surface area contributed by atoms with Crippen molar-refractivity contribution in [3.8, 4) is 0 Å². The second-order valence-corrected chi connectivity index (χ2v) is 5.87. The van der Waals surface area contributed by atoms with E-state index in [1.54, 1.807) is 0 Å². The van der Waals surface area contributed by atoms with E-state index in [1.165, 1.54) is 45.3 Å². The number of likely N-dealkylation sites (tertiary alicyclic amines) is 1. The lowest BCUT2D eigenvalue weighted by Gasteiger charge is -2.38. The molecule has 1 N–H and O–H groups in total. The van der Waals surface area contributed by atoms with Crippen molar-refractivity contribution in [2.75, 3.05) is 26.7 Å². The van der Waals surface area contributed by atoms with Gasteiger partial charge in [0.1, 0.15) is 0 Å². The van der Waals surface area contributed by atoms with Gasteiger partial charge in [-0.2, -0.15) is 0 Å². The van der Waals surface area contributed by atoms with Crippen LogP contribution < -0.4 is 5.32 Å². The molecular formula is C14H28N2O. The summed E-state index contributed by atoms with van der Waals surface area (Å²) in [6.45, 7) is 8.34. The van der Waals surface area contributed by atoms with Crippen LogP contribution in [0.15, 0.2) is 0 Å². The summed E-state index contributed by atoms with van der Waals surface area (Å²) in [5.41, 5.74) is 0. The van der Waals surface area contributed by atoms with Crippen molar-refractivity contribution in [3.63, 3.8) is 0 Å². The monoisotopic (exact) mass is 240 g/mol. The average Bonchev–Trinajstić information content (AvgIpc) is 3.19. The van der Waals surface area contributed by atoms with Crippen molar-refractivity contribution >= 4 is 0 Å². The Morgan fingerprint density at radius 1 is 1.18 bits per heavy atom. The maximum absolute atomic E-state index is 5.43. The Morgan fingerprint density at radius 3 is 2.35 bits per heavy atom. The van der Waals surface area contributed by atoms with E-state index >= 15 is 0 Å². The van der Waals surface area contributed by atoms with E-state index in [2.05, 4.69) is 24.1 Å². The quantitative estimate of drug-likeness (QED) is 0.767. The van der Waals surface area contributed by atoms with E-state index in [0.29, 0.717) is 12.1 Å².